The molecule has 0 spiro atoms. The van der Waals surface area contributed by atoms with Crippen LogP contribution in [0.2, 0.25) is 5.15 Å². The van der Waals surface area contributed by atoms with Crippen molar-refractivity contribution in [1.82, 2.24) is 20.2 Å². The lowest BCUT2D eigenvalue weighted by Gasteiger charge is -1.95. The Labute approximate surface area is 87.3 Å². The van der Waals surface area contributed by atoms with E-state index in [0.29, 0.717) is 5.15 Å². The Bertz CT molecular complexity index is 439. The lowest BCUT2D eigenvalue weighted by atomic mass is 10.6. The van der Waals surface area contributed by atoms with Crippen molar-refractivity contribution in [3.63, 3.8) is 0 Å². The number of H-pyrrole nitrogens is 1. The Hall–Kier alpha value is -1.47. The zero-order chi connectivity index (χ0) is 9.97. The first kappa shape index (κ1) is 9.10. The van der Waals surface area contributed by atoms with Crippen molar-refractivity contribution in [2.24, 2.45) is 0 Å². The van der Waals surface area contributed by atoms with E-state index in [9.17, 15) is 4.79 Å². The summed E-state index contributed by atoms with van der Waals surface area (Å²) in [5.41, 5.74) is 0. The molecular weight excluding hydrogens is 226 g/mol. The van der Waals surface area contributed by atoms with E-state index in [1.807, 2.05) is 0 Å². The molecule has 0 bridgehead atoms. The van der Waals surface area contributed by atoms with Gasteiger partial charge in [-0.1, -0.05) is 11.6 Å². The number of aromatic nitrogens is 4. The maximum atomic E-state index is 11.4. The molecule has 0 aliphatic heterocycles. The summed E-state index contributed by atoms with van der Waals surface area (Å²) in [6, 6.07) is 0. The number of hydrogen-bond acceptors (Lipinski definition) is 5. The standard InChI is InChI=1S/C6H4ClN5OS/c7-3-1-14-5(10-3)4(13)11-6-8-2-9-12-6/h1-2H,(H2,8,9,11,12,13). The number of carbonyl (C=O) groups excluding carboxylic acids is 1. The largest absolute Gasteiger partial charge is 0.289 e. The van der Waals surface area contributed by atoms with Crippen LogP contribution in [0, 0.1) is 0 Å². The van der Waals surface area contributed by atoms with Crippen LogP contribution in [0.5, 0.6) is 0 Å². The van der Waals surface area contributed by atoms with Crippen LogP contribution in [-0.2, 0) is 0 Å². The first-order chi connectivity index (χ1) is 6.75. The Kier molecular flexibility index (Phi) is 2.42. The Morgan fingerprint density at radius 2 is 2.50 bits per heavy atom. The summed E-state index contributed by atoms with van der Waals surface area (Å²) in [6.45, 7) is 0. The zero-order valence-corrected chi connectivity index (χ0v) is 8.26. The highest BCUT2D eigenvalue weighted by molar-refractivity contribution is 7.12. The maximum Gasteiger partial charge on any atom is 0.287 e. The van der Waals surface area contributed by atoms with E-state index in [0.717, 1.165) is 11.3 Å². The van der Waals surface area contributed by atoms with Crippen molar-refractivity contribution in [3.8, 4) is 0 Å². The van der Waals surface area contributed by atoms with E-state index in [2.05, 4.69) is 25.5 Å². The Morgan fingerprint density at radius 1 is 1.64 bits per heavy atom. The number of amides is 1. The van der Waals surface area contributed by atoms with Gasteiger partial charge in [-0.25, -0.2) is 10.1 Å². The highest BCUT2D eigenvalue weighted by Gasteiger charge is 2.11. The van der Waals surface area contributed by atoms with Gasteiger partial charge in [-0.2, -0.15) is 10.1 Å². The van der Waals surface area contributed by atoms with Crippen molar-refractivity contribution < 1.29 is 4.79 Å². The maximum absolute atomic E-state index is 11.4. The first-order valence-corrected chi connectivity index (χ1v) is 4.79. The van der Waals surface area contributed by atoms with Gasteiger partial charge in [0.15, 0.2) is 5.01 Å². The SMILES string of the molecule is O=C(Nc1ncn[nH]1)c1nc(Cl)cs1. The molecular formula is C6H4ClN5OS. The summed E-state index contributed by atoms with van der Waals surface area (Å²) >= 11 is 6.73. The number of thiazole rings is 1. The Balaban J connectivity index is 2.10. The number of anilines is 1. The highest BCUT2D eigenvalue weighted by Crippen LogP contribution is 2.14. The van der Waals surface area contributed by atoms with Crippen LogP contribution >= 0.6 is 22.9 Å². The third-order valence-electron chi connectivity index (χ3n) is 1.32. The molecule has 2 heterocycles. The molecule has 0 aromatic carbocycles. The van der Waals surface area contributed by atoms with E-state index in [-0.39, 0.29) is 16.9 Å². The number of hydrogen-bond donors (Lipinski definition) is 2. The predicted octanol–water partition coefficient (Wildman–Crippen LogP) is 1.17. The third kappa shape index (κ3) is 1.88. The summed E-state index contributed by atoms with van der Waals surface area (Å²) in [7, 11) is 0. The second-order valence-corrected chi connectivity index (χ2v) is 3.51. The number of aromatic amines is 1. The van der Waals surface area contributed by atoms with Gasteiger partial charge in [-0.15, -0.1) is 11.3 Å². The number of nitrogens with one attached hydrogen (secondary N) is 2. The van der Waals surface area contributed by atoms with Crippen LogP contribution in [0.25, 0.3) is 0 Å². The van der Waals surface area contributed by atoms with E-state index < -0.39 is 0 Å². The molecule has 14 heavy (non-hydrogen) atoms. The van der Waals surface area contributed by atoms with Crippen molar-refractivity contribution in [2.45, 2.75) is 0 Å². The fourth-order valence-corrected chi connectivity index (χ4v) is 1.62. The van der Waals surface area contributed by atoms with Crippen LogP contribution < -0.4 is 5.32 Å². The van der Waals surface area contributed by atoms with Crippen LogP contribution in [0.1, 0.15) is 9.80 Å². The van der Waals surface area contributed by atoms with Gasteiger partial charge < -0.3 is 0 Å². The molecule has 2 N–H and O–H groups in total. The summed E-state index contributed by atoms with van der Waals surface area (Å²) in [6.07, 6.45) is 1.30. The molecule has 72 valence electrons. The third-order valence-corrected chi connectivity index (χ3v) is 2.48. The average molecular weight is 230 g/mol. The molecule has 2 aromatic rings. The summed E-state index contributed by atoms with van der Waals surface area (Å²) < 4.78 is 0. The van der Waals surface area contributed by atoms with E-state index in [4.69, 9.17) is 11.6 Å². The second kappa shape index (κ2) is 3.72. The number of carbonyl (C=O) groups is 1. The molecule has 0 radical (unpaired) electrons. The molecule has 8 heteroatoms. The quantitative estimate of drug-likeness (QED) is 0.810. The smallest absolute Gasteiger partial charge is 0.287 e. The molecule has 0 fully saturated rings. The summed E-state index contributed by atoms with van der Waals surface area (Å²) in [5.74, 6) is -0.0834. The molecule has 2 aromatic heterocycles. The van der Waals surface area contributed by atoms with Gasteiger partial charge in [0.05, 0.1) is 0 Å². The predicted molar refractivity (Wildman–Crippen MR) is 51.5 cm³/mol. The van der Waals surface area contributed by atoms with Crippen molar-refractivity contribution in [2.75, 3.05) is 5.32 Å². The summed E-state index contributed by atoms with van der Waals surface area (Å²) in [5, 5.41) is 10.7. The van der Waals surface area contributed by atoms with Crippen LogP contribution in [0.15, 0.2) is 11.7 Å². The van der Waals surface area contributed by atoms with E-state index in [1.165, 1.54) is 6.33 Å². The number of halogens is 1. The van der Waals surface area contributed by atoms with Crippen LogP contribution in [0.4, 0.5) is 5.95 Å². The first-order valence-electron chi connectivity index (χ1n) is 3.53. The van der Waals surface area contributed by atoms with Crippen LogP contribution in [-0.4, -0.2) is 26.1 Å². The van der Waals surface area contributed by atoms with Gasteiger partial charge in [-0.3, -0.25) is 10.1 Å². The lowest BCUT2D eigenvalue weighted by Crippen LogP contribution is -2.12. The number of nitrogens with zero attached hydrogens (tertiary/aromatic N) is 3. The molecule has 0 aliphatic carbocycles. The lowest BCUT2D eigenvalue weighted by molar-refractivity contribution is 0.102. The monoisotopic (exact) mass is 229 g/mol. The minimum absolute atomic E-state index is 0.279. The van der Waals surface area contributed by atoms with Crippen molar-refractivity contribution in [1.29, 1.82) is 0 Å². The molecule has 0 unspecified atom stereocenters. The van der Waals surface area contributed by atoms with Gasteiger partial charge in [0.25, 0.3) is 5.91 Å². The molecule has 0 saturated carbocycles. The summed E-state index contributed by atoms with van der Waals surface area (Å²) in [4.78, 5) is 19.0. The molecule has 0 atom stereocenters. The second-order valence-electron chi connectivity index (χ2n) is 2.26. The molecule has 1 amide bonds. The Morgan fingerprint density at radius 3 is 3.07 bits per heavy atom. The van der Waals surface area contributed by atoms with Crippen LogP contribution in [0.3, 0.4) is 0 Å². The van der Waals surface area contributed by atoms with Gasteiger partial charge in [0.1, 0.15) is 11.5 Å². The van der Waals surface area contributed by atoms with Gasteiger partial charge >= 0.3 is 0 Å². The number of rotatable bonds is 2. The van der Waals surface area contributed by atoms with Gasteiger partial charge in [-0.05, 0) is 0 Å². The molecule has 0 saturated heterocycles. The zero-order valence-electron chi connectivity index (χ0n) is 6.69. The minimum Gasteiger partial charge on any atom is -0.289 e. The van der Waals surface area contributed by atoms with Crippen molar-refractivity contribution >= 4 is 34.8 Å². The topological polar surface area (TPSA) is 83.6 Å². The van der Waals surface area contributed by atoms with E-state index >= 15 is 0 Å². The molecule has 6 nitrogen and oxygen atoms in total. The minimum atomic E-state index is -0.362. The average Bonchev–Trinajstić information content (AvgIpc) is 2.75. The highest BCUT2D eigenvalue weighted by atomic mass is 35.5. The molecule has 0 aliphatic rings. The fraction of sp³-hybridized carbons (Fsp3) is 0. The normalized spacial score (nSPS) is 10.1. The van der Waals surface area contributed by atoms with Gasteiger partial charge in [0, 0.05) is 5.38 Å². The van der Waals surface area contributed by atoms with Crippen molar-refractivity contribution in [3.05, 3.63) is 21.9 Å². The fourth-order valence-electron chi connectivity index (χ4n) is 0.785. The van der Waals surface area contributed by atoms with E-state index in [1.54, 1.807) is 5.38 Å². The van der Waals surface area contributed by atoms with Gasteiger partial charge in [0.2, 0.25) is 5.95 Å². The molecule has 2 rings (SSSR count).